The van der Waals surface area contributed by atoms with Gasteiger partial charge in [-0.15, -0.1) is 0 Å². The van der Waals surface area contributed by atoms with Crippen molar-refractivity contribution in [3.8, 4) is 0 Å². The highest BCUT2D eigenvalue weighted by Gasteiger charge is 2.46. The molecule has 0 aromatic carbocycles. The third-order valence-corrected chi connectivity index (χ3v) is 38.1. The topological polar surface area (TPSA) is 71.7 Å². The first-order valence-corrected chi connectivity index (χ1v) is 60.9. The normalized spacial score (nSPS) is 25.3. The summed E-state index contributed by atoms with van der Waals surface area (Å²) in [6.45, 7) is 142. The second-order valence-corrected chi connectivity index (χ2v) is 64.4. The van der Waals surface area contributed by atoms with Crippen LogP contribution in [0.5, 0.6) is 0 Å². The molecule has 0 unspecified atom stereocenters. The molecular weight excluding hydrogens is 1750 g/mol. The van der Waals surface area contributed by atoms with Gasteiger partial charge >= 0.3 is 0 Å². The van der Waals surface area contributed by atoms with Crippen molar-refractivity contribution in [3.63, 3.8) is 0 Å². The Morgan fingerprint density at radius 1 is 0.231 bits per heavy atom. The predicted molar refractivity (Wildman–Crippen MR) is 625 cm³/mol. The first kappa shape index (κ1) is 129. The van der Waals surface area contributed by atoms with E-state index in [1.807, 2.05) is 4.90 Å². The monoisotopic (exact) mass is 2010 g/mol. The number of nitrogens with zero attached hydrogens (tertiary/aromatic N) is 14. The van der Waals surface area contributed by atoms with E-state index in [4.69, 9.17) is 4.74 Å². The van der Waals surface area contributed by atoms with Gasteiger partial charge in [0, 0.05) is 123 Å². The molecule has 13 aliphatic heterocycles. The molecule has 16 nitrogen and oxygen atoms in total. The van der Waals surface area contributed by atoms with E-state index < -0.39 is 0 Å². The molecule has 1 amide bonds. The first-order chi connectivity index (χ1) is 65.5. The van der Waals surface area contributed by atoms with Crippen LogP contribution in [-0.4, -0.2) is 348 Å². The lowest BCUT2D eigenvalue weighted by Crippen LogP contribution is -2.54. The van der Waals surface area contributed by atoms with Crippen molar-refractivity contribution >= 4 is 5.91 Å². The van der Waals surface area contributed by atoms with Crippen molar-refractivity contribution in [2.45, 2.75) is 496 Å². The summed E-state index contributed by atoms with van der Waals surface area (Å²) >= 11 is 0. The molecule has 13 heterocycles. The maximum Gasteiger partial charge on any atom is 0.224 e. The van der Waals surface area contributed by atoms with Gasteiger partial charge in [0.25, 0.3) is 0 Å². The van der Waals surface area contributed by atoms with Gasteiger partial charge < -0.3 is 34.1 Å². The number of carbonyl (C=O) groups excluding carboxylic acids is 1. The molecule has 0 radical (unpaired) electrons. The second-order valence-electron chi connectivity index (χ2n) is 64.4. The summed E-state index contributed by atoms with van der Waals surface area (Å²) in [7, 11) is 0. The Morgan fingerprint density at radius 2 is 0.455 bits per heavy atom. The van der Waals surface area contributed by atoms with Crippen molar-refractivity contribution in [2.24, 2.45) is 90.7 Å². The highest BCUT2D eigenvalue weighted by atomic mass is 16.5. The third kappa shape index (κ3) is 46.5. The highest BCUT2D eigenvalue weighted by Crippen LogP contribution is 2.47. The molecule has 0 bridgehead atoms. The van der Waals surface area contributed by atoms with Crippen molar-refractivity contribution in [2.75, 3.05) is 229 Å². The van der Waals surface area contributed by atoms with Crippen LogP contribution in [0.2, 0.25) is 0 Å². The number of ether oxygens (including phenoxy) is 1. The van der Waals surface area contributed by atoms with Crippen LogP contribution in [-0.2, 0) is 9.53 Å². The van der Waals surface area contributed by atoms with E-state index in [0.29, 0.717) is 95.1 Å². The number of amides is 1. The zero-order chi connectivity index (χ0) is 107. The van der Waals surface area contributed by atoms with Crippen molar-refractivity contribution in [3.05, 3.63) is 0 Å². The Balaban J connectivity index is 0.000000226. The molecule has 13 saturated heterocycles. The van der Waals surface area contributed by atoms with Gasteiger partial charge in [-0.05, 0) is 555 Å². The molecule has 16 heteroatoms. The largest absolute Gasteiger partial charge is 0.381 e. The van der Waals surface area contributed by atoms with Crippen LogP contribution in [0, 0.1) is 90.7 Å². The minimum absolute atomic E-state index is 0.200. The van der Waals surface area contributed by atoms with Gasteiger partial charge in [0.2, 0.25) is 5.91 Å². The van der Waals surface area contributed by atoms with Gasteiger partial charge in [-0.25, -0.2) is 0 Å². The standard InChI is InChI=1S/2C19H38N2.C18H36N2O2.3C18H36N2.C17H34N2/c2*1-18(2,3)17-9-11-20(12-10-17)15-16-7-13-21(14-8-16)19(4,5)6;1-17(2,3)9-7-14-22-15-8-16(21)19-10-12-20(13-11-19)18(4,5)6;1-16(2,3)15-19-11-7-18(8-12-19)9-13-20(14-10-18)17(4,5)6;2*1-17(2,3)16-8-10-19(11-9-16)13-15-7-12-20(14-15)18(4,5)6;1-15(2,3)18-11-7-17(8-12-18)9-13-19(14-10-17)16(4,5)6/h2*16-17H,7-15H2,1-6H3;7-15H2,1-6H3;7-15H2,1-6H3;2*15-16H,7-14H2,1-6H3;7-14H2,1-6H3/t;;;;2*15-;/m....00./s1. The number of likely N-dealkylation sites (tertiary alicyclic amines) is 12. The van der Waals surface area contributed by atoms with Crippen molar-refractivity contribution in [1.82, 2.24) is 68.6 Å². The van der Waals surface area contributed by atoms with Gasteiger partial charge in [-0.2, -0.15) is 0 Å². The van der Waals surface area contributed by atoms with Crippen LogP contribution in [0.15, 0.2) is 0 Å². The maximum atomic E-state index is 12.2. The van der Waals surface area contributed by atoms with E-state index in [1.165, 1.54) is 331 Å². The molecular formula is C127H254N14O2. The zero-order valence-electron chi connectivity index (χ0n) is 105. The smallest absolute Gasteiger partial charge is 0.224 e. The number of carbonyl (C=O) groups is 1. The van der Waals surface area contributed by atoms with Crippen LogP contribution in [0.1, 0.15) is 451 Å². The molecule has 0 aliphatic carbocycles. The van der Waals surface area contributed by atoms with E-state index in [9.17, 15) is 4.79 Å². The minimum atomic E-state index is 0.200. The quantitative estimate of drug-likeness (QED) is 0.146. The lowest BCUT2D eigenvalue weighted by molar-refractivity contribution is -0.134. The van der Waals surface area contributed by atoms with E-state index in [2.05, 4.69) is 354 Å². The zero-order valence-corrected chi connectivity index (χ0v) is 105. The molecule has 13 fully saturated rings. The van der Waals surface area contributed by atoms with Gasteiger partial charge in [0.05, 0.1) is 13.0 Å². The summed E-state index contributed by atoms with van der Waals surface area (Å²) in [6, 6.07) is 0. The summed E-state index contributed by atoms with van der Waals surface area (Å²) in [5.74, 6) is 7.63. The molecule has 13 aliphatic rings. The van der Waals surface area contributed by atoms with Gasteiger partial charge in [0.15, 0.2) is 0 Å². The van der Waals surface area contributed by atoms with E-state index in [-0.39, 0.29) is 11.4 Å². The summed E-state index contributed by atoms with van der Waals surface area (Å²) < 4.78 is 5.61. The third-order valence-electron chi connectivity index (χ3n) is 38.1. The number of rotatable bonds is 15. The van der Waals surface area contributed by atoms with Gasteiger partial charge in [0.1, 0.15) is 0 Å². The van der Waals surface area contributed by atoms with E-state index in [0.717, 1.165) is 93.0 Å². The summed E-state index contributed by atoms with van der Waals surface area (Å²) in [5, 5.41) is 0. The molecule has 844 valence electrons. The van der Waals surface area contributed by atoms with Crippen LogP contribution < -0.4 is 0 Å². The van der Waals surface area contributed by atoms with Gasteiger partial charge in [-0.1, -0.05) is 125 Å². The fraction of sp³-hybridized carbons (Fsp3) is 0.992. The molecule has 2 spiro atoms. The summed E-state index contributed by atoms with van der Waals surface area (Å²) in [4.78, 5) is 49.0. The molecule has 143 heavy (non-hydrogen) atoms. The van der Waals surface area contributed by atoms with Crippen LogP contribution in [0.4, 0.5) is 0 Å². The maximum absolute atomic E-state index is 12.2. The lowest BCUT2D eigenvalue weighted by Gasteiger charge is -2.51. The average Bonchev–Trinajstić information content (AvgIpc) is 1.25. The molecule has 2 atom stereocenters. The summed E-state index contributed by atoms with van der Waals surface area (Å²) in [5.41, 5.74) is 6.86. The average molecular weight is 2010 g/mol. The van der Waals surface area contributed by atoms with E-state index in [1.54, 1.807) is 0 Å². The SMILES string of the molecule is CC(C)(C)C1CCN(CC2CCN(C(C)(C)C)CC2)CC1.CC(C)(C)C1CCN(CC2CCN(C(C)(C)C)CC2)CC1.CC(C)(C)C1CCN(C[C@@H]2CCN(C(C)(C)C)C2)CC1.CC(C)(C)C1CCN(C[C@@H]2CCN(C(C)(C)C)C2)CC1.CC(C)(C)CCCOCCC(=O)N1CCN(C(C)(C)C)CC1.CC(C)(C)CN1CCC2(CC1)CCN(C(C)(C)C)CC2.CC(C)(C)N1CCC2(CC1)CCN(C(C)(C)C)CC2. The Kier molecular flexibility index (Phi) is 49.1. The van der Waals surface area contributed by atoms with E-state index >= 15 is 0 Å². The fourth-order valence-corrected chi connectivity index (χ4v) is 26.7. The first-order valence-electron chi connectivity index (χ1n) is 60.9. The lowest BCUT2D eigenvalue weighted by atomic mass is 9.70. The van der Waals surface area contributed by atoms with Gasteiger partial charge in [-0.3, -0.25) is 44.0 Å². The highest BCUT2D eigenvalue weighted by molar-refractivity contribution is 5.76. The Bertz CT molecular complexity index is 3210. The number of piperidine rings is 10. The van der Waals surface area contributed by atoms with Crippen molar-refractivity contribution < 1.29 is 9.53 Å². The molecule has 0 N–H and O–H groups in total. The fourth-order valence-electron chi connectivity index (χ4n) is 26.7. The number of piperazine rings is 1. The Morgan fingerprint density at radius 3 is 0.685 bits per heavy atom. The number of hydrogen-bond acceptors (Lipinski definition) is 15. The minimum Gasteiger partial charge on any atom is -0.381 e. The molecule has 13 rings (SSSR count). The summed E-state index contributed by atoms with van der Waals surface area (Å²) in [6.07, 6.45) is 33.8. The number of hydrogen-bond donors (Lipinski definition) is 0. The Hall–Kier alpha value is -1.09. The molecule has 0 saturated carbocycles. The Labute approximate surface area is 894 Å². The second kappa shape index (κ2) is 54.5. The molecule has 0 aromatic rings. The van der Waals surface area contributed by atoms with Crippen LogP contribution in [0.3, 0.4) is 0 Å². The van der Waals surface area contributed by atoms with Crippen LogP contribution in [0.25, 0.3) is 0 Å². The predicted octanol–water partition coefficient (Wildman–Crippen LogP) is 27.2. The van der Waals surface area contributed by atoms with Crippen LogP contribution >= 0.6 is 0 Å². The van der Waals surface area contributed by atoms with Crippen molar-refractivity contribution in [1.29, 1.82) is 0 Å². The molecule has 0 aromatic heterocycles.